The summed E-state index contributed by atoms with van der Waals surface area (Å²) in [6.45, 7) is 9.21. The van der Waals surface area contributed by atoms with Gasteiger partial charge in [-0.2, -0.15) is 4.31 Å². The maximum atomic E-state index is 13.9. The molecule has 0 spiro atoms. The largest absolute Gasteiger partial charge is 0.461 e. The summed E-state index contributed by atoms with van der Waals surface area (Å²) < 4.78 is 34.2. The normalized spacial score (nSPS) is 12.0. The van der Waals surface area contributed by atoms with Crippen molar-refractivity contribution in [3.05, 3.63) is 95.2 Å². The second-order valence-electron chi connectivity index (χ2n) is 9.48. The van der Waals surface area contributed by atoms with Crippen molar-refractivity contribution >= 4 is 38.4 Å². The number of furan rings is 1. The van der Waals surface area contributed by atoms with Crippen LogP contribution in [0.5, 0.6) is 0 Å². The summed E-state index contributed by atoms with van der Waals surface area (Å²) in [5.74, 6) is -0.472. The van der Waals surface area contributed by atoms with Crippen molar-refractivity contribution in [2.75, 3.05) is 4.31 Å². The first kappa shape index (κ1) is 24.4. The molecule has 0 saturated carbocycles. The summed E-state index contributed by atoms with van der Waals surface area (Å²) in [5, 5.41) is 0.455. The highest BCUT2D eigenvalue weighted by Gasteiger charge is 2.33. The Kier molecular flexibility index (Phi) is 6.15. The highest BCUT2D eigenvalue weighted by Crippen LogP contribution is 2.34. The van der Waals surface area contributed by atoms with Crippen molar-refractivity contribution in [2.45, 2.75) is 44.9 Å². The van der Waals surface area contributed by atoms with Crippen LogP contribution in [-0.2, 0) is 15.4 Å². The number of anilines is 1. The number of aryl methyl sites for hydroxylation is 1. The Morgan fingerprint density at radius 2 is 1.51 bits per heavy atom. The van der Waals surface area contributed by atoms with Gasteiger partial charge in [-0.3, -0.25) is 9.59 Å². The van der Waals surface area contributed by atoms with Gasteiger partial charge in [-0.25, -0.2) is 8.42 Å². The molecule has 0 bridgehead atoms. The number of amides is 1. The molecule has 0 aliphatic heterocycles. The van der Waals surface area contributed by atoms with Crippen LogP contribution in [0.15, 0.2) is 82.1 Å². The van der Waals surface area contributed by atoms with Crippen molar-refractivity contribution in [2.24, 2.45) is 0 Å². The molecule has 7 heteroatoms. The number of ketones is 1. The molecular weight excluding hydrogens is 462 g/mol. The maximum Gasteiger partial charge on any atom is 0.272 e. The molecule has 0 fully saturated rings. The minimum Gasteiger partial charge on any atom is -0.461 e. The highest BCUT2D eigenvalue weighted by atomic mass is 32.2. The molecule has 1 aromatic heterocycles. The summed E-state index contributed by atoms with van der Waals surface area (Å²) >= 11 is 0. The average Bonchev–Trinajstić information content (AvgIpc) is 3.14. The fourth-order valence-corrected chi connectivity index (χ4v) is 5.47. The molecular formula is C28H27NO5S. The Labute approximate surface area is 205 Å². The van der Waals surface area contributed by atoms with Crippen molar-refractivity contribution in [1.82, 2.24) is 0 Å². The van der Waals surface area contributed by atoms with Gasteiger partial charge in [-0.15, -0.1) is 0 Å². The predicted octanol–water partition coefficient (Wildman–Crippen LogP) is 6.28. The molecule has 0 N–H and O–H groups in total. The molecule has 6 nitrogen and oxygen atoms in total. The third kappa shape index (κ3) is 4.51. The molecule has 0 saturated heterocycles. The quantitative estimate of drug-likeness (QED) is 0.308. The van der Waals surface area contributed by atoms with Crippen LogP contribution in [0.2, 0.25) is 0 Å². The third-order valence-corrected chi connectivity index (χ3v) is 7.62. The van der Waals surface area contributed by atoms with Gasteiger partial charge >= 0.3 is 0 Å². The fourth-order valence-electron chi connectivity index (χ4n) is 4.07. The lowest BCUT2D eigenvalue weighted by atomic mass is 9.87. The highest BCUT2D eigenvalue weighted by molar-refractivity contribution is 7.93. The topological polar surface area (TPSA) is 84.7 Å². The van der Waals surface area contributed by atoms with E-state index < -0.39 is 15.9 Å². The van der Waals surface area contributed by atoms with Gasteiger partial charge in [-0.05, 0) is 67.3 Å². The zero-order valence-electron chi connectivity index (χ0n) is 20.3. The summed E-state index contributed by atoms with van der Waals surface area (Å²) in [6, 6.07) is 19.4. The first-order valence-corrected chi connectivity index (χ1v) is 12.6. The summed E-state index contributed by atoms with van der Waals surface area (Å²) in [7, 11) is -4.29. The van der Waals surface area contributed by atoms with Gasteiger partial charge in [0.2, 0.25) is 0 Å². The Hall–Kier alpha value is -3.71. The van der Waals surface area contributed by atoms with Gasteiger partial charge in [0, 0.05) is 10.9 Å². The number of hydrogen-bond acceptors (Lipinski definition) is 5. The molecule has 0 aliphatic rings. The SMILES string of the molecule is CC(=O)c1c(C)oc2ccc(N(C(=O)c3ccccc3)S(=O)(=O)c3ccc(C(C)(C)C)cc3)cc12. The van der Waals surface area contributed by atoms with Crippen LogP contribution in [0.1, 0.15) is 59.7 Å². The zero-order chi connectivity index (χ0) is 25.5. The van der Waals surface area contributed by atoms with Crippen molar-refractivity contribution in [1.29, 1.82) is 0 Å². The molecule has 4 rings (SSSR count). The number of fused-ring (bicyclic) bond motifs is 1. The van der Waals surface area contributed by atoms with E-state index in [1.54, 1.807) is 55.5 Å². The molecule has 0 unspecified atom stereocenters. The van der Waals surface area contributed by atoms with E-state index in [2.05, 4.69) is 0 Å². The lowest BCUT2D eigenvalue weighted by Crippen LogP contribution is -2.37. The Morgan fingerprint density at radius 1 is 0.886 bits per heavy atom. The van der Waals surface area contributed by atoms with Gasteiger partial charge in [0.25, 0.3) is 15.9 Å². The average molecular weight is 490 g/mol. The molecule has 1 amide bonds. The smallest absolute Gasteiger partial charge is 0.272 e. The minimum absolute atomic E-state index is 0.00922. The number of hydrogen-bond donors (Lipinski definition) is 0. The van der Waals surface area contributed by atoms with Gasteiger partial charge in [-0.1, -0.05) is 51.1 Å². The monoisotopic (exact) mass is 489 g/mol. The van der Waals surface area contributed by atoms with E-state index >= 15 is 0 Å². The molecule has 180 valence electrons. The number of benzene rings is 3. The minimum atomic E-state index is -4.29. The maximum absolute atomic E-state index is 13.9. The van der Waals surface area contributed by atoms with Crippen LogP contribution in [0.25, 0.3) is 11.0 Å². The van der Waals surface area contributed by atoms with E-state index in [0.29, 0.717) is 22.3 Å². The molecule has 1 heterocycles. The number of carbonyl (C=O) groups is 2. The van der Waals surface area contributed by atoms with Crippen LogP contribution < -0.4 is 4.31 Å². The van der Waals surface area contributed by atoms with Crippen LogP contribution in [-0.4, -0.2) is 20.1 Å². The predicted molar refractivity (Wildman–Crippen MR) is 137 cm³/mol. The second-order valence-corrected chi connectivity index (χ2v) is 11.3. The first-order valence-electron chi connectivity index (χ1n) is 11.2. The van der Waals surface area contributed by atoms with Gasteiger partial charge < -0.3 is 4.42 Å². The second kappa shape index (κ2) is 8.82. The molecule has 0 atom stereocenters. The molecule has 0 radical (unpaired) electrons. The van der Waals surface area contributed by atoms with E-state index in [1.807, 2.05) is 20.8 Å². The Bertz CT molecular complexity index is 1530. The molecule has 4 aromatic rings. The number of rotatable bonds is 5. The first-order chi connectivity index (χ1) is 16.4. The standard InChI is InChI=1S/C28H27NO5S/c1-18(30)26-19(2)34-25-16-13-22(17-24(25)26)29(27(31)20-9-7-6-8-10-20)35(32,33)23-14-11-21(12-15-23)28(3,4)5/h6-17H,1-5H3. The number of sulfonamides is 1. The van der Waals surface area contributed by atoms with Crippen LogP contribution in [0, 0.1) is 6.92 Å². The number of carbonyl (C=O) groups excluding carboxylic acids is 2. The van der Waals surface area contributed by atoms with E-state index in [9.17, 15) is 18.0 Å². The molecule has 3 aromatic carbocycles. The summed E-state index contributed by atoms with van der Waals surface area (Å²) in [5.41, 5.74) is 1.96. The van der Waals surface area contributed by atoms with E-state index in [4.69, 9.17) is 4.42 Å². The lowest BCUT2D eigenvalue weighted by Gasteiger charge is -2.24. The van der Waals surface area contributed by atoms with Crippen LogP contribution >= 0.6 is 0 Å². The Balaban J connectivity index is 1.92. The van der Waals surface area contributed by atoms with Crippen LogP contribution in [0.3, 0.4) is 0 Å². The van der Waals surface area contributed by atoms with E-state index in [1.165, 1.54) is 31.2 Å². The van der Waals surface area contributed by atoms with E-state index in [-0.39, 0.29) is 27.3 Å². The number of nitrogens with zero attached hydrogens (tertiary/aromatic N) is 1. The molecule has 35 heavy (non-hydrogen) atoms. The van der Waals surface area contributed by atoms with E-state index in [0.717, 1.165) is 9.87 Å². The third-order valence-electron chi connectivity index (χ3n) is 5.90. The zero-order valence-corrected chi connectivity index (χ0v) is 21.1. The van der Waals surface area contributed by atoms with Gasteiger partial charge in [0.05, 0.1) is 16.1 Å². The summed E-state index contributed by atoms with van der Waals surface area (Å²) in [4.78, 5) is 25.8. The molecule has 0 aliphatic carbocycles. The summed E-state index contributed by atoms with van der Waals surface area (Å²) in [6.07, 6.45) is 0. The van der Waals surface area contributed by atoms with Gasteiger partial charge in [0.15, 0.2) is 5.78 Å². The fraction of sp³-hybridized carbons (Fsp3) is 0.214. The number of Topliss-reactive ketones (excluding diaryl/α,β-unsaturated/α-hetero) is 1. The van der Waals surface area contributed by atoms with Crippen molar-refractivity contribution in [3.63, 3.8) is 0 Å². The van der Waals surface area contributed by atoms with Crippen molar-refractivity contribution in [3.8, 4) is 0 Å². The van der Waals surface area contributed by atoms with Crippen molar-refractivity contribution < 1.29 is 22.4 Å². The van der Waals surface area contributed by atoms with Gasteiger partial charge in [0.1, 0.15) is 11.3 Å². The Morgan fingerprint density at radius 3 is 2.09 bits per heavy atom. The van der Waals surface area contributed by atoms with Crippen LogP contribution in [0.4, 0.5) is 5.69 Å². The lowest BCUT2D eigenvalue weighted by molar-refractivity contribution is 0.1000.